The molecule has 13 heteroatoms. The number of benzene rings is 2. The van der Waals surface area contributed by atoms with Crippen LogP contribution in [0.3, 0.4) is 0 Å². The van der Waals surface area contributed by atoms with Crippen molar-refractivity contribution < 1.29 is 41.8 Å². The van der Waals surface area contributed by atoms with E-state index in [1.54, 1.807) is 31.2 Å². The SMILES string of the molecule is CCOC(=O)C1(C)CN(C(=O)N(C(=O)C(=O)OC)c2ccc(C(F)(F)F)cc2)N=C1c1ccc(Cl)cc1. The number of methoxy groups -OCH3 is 1. The van der Waals surface area contributed by atoms with E-state index in [0.717, 1.165) is 24.3 Å². The number of rotatable bonds is 4. The average molecular weight is 540 g/mol. The predicted octanol–water partition coefficient (Wildman–Crippen LogP) is 4.27. The summed E-state index contributed by atoms with van der Waals surface area (Å²) in [5.41, 5.74) is -2.32. The number of anilines is 1. The van der Waals surface area contributed by atoms with Crippen molar-refractivity contribution in [1.29, 1.82) is 0 Å². The lowest BCUT2D eigenvalue weighted by Crippen LogP contribution is -2.49. The first kappa shape index (κ1) is 27.7. The zero-order chi connectivity index (χ0) is 27.5. The molecule has 2 aromatic rings. The average Bonchev–Trinajstić information content (AvgIpc) is 3.22. The lowest BCUT2D eigenvalue weighted by atomic mass is 9.82. The summed E-state index contributed by atoms with van der Waals surface area (Å²) in [6.45, 7) is 2.72. The van der Waals surface area contributed by atoms with Gasteiger partial charge in [0.05, 0.1) is 37.2 Å². The molecular weight excluding hydrogens is 519 g/mol. The molecule has 0 N–H and O–H groups in total. The molecular formula is C24H21ClF3N3O6. The largest absolute Gasteiger partial charge is 0.465 e. The molecule has 0 spiro atoms. The maximum absolute atomic E-state index is 13.5. The number of hydrogen-bond donors (Lipinski definition) is 0. The molecule has 0 saturated heterocycles. The van der Waals surface area contributed by atoms with Crippen molar-refractivity contribution in [2.24, 2.45) is 10.5 Å². The number of carbonyl (C=O) groups excluding carboxylic acids is 4. The van der Waals surface area contributed by atoms with Crippen molar-refractivity contribution in [3.8, 4) is 0 Å². The number of amides is 3. The Hall–Kier alpha value is -3.93. The number of ether oxygens (including phenoxy) is 2. The summed E-state index contributed by atoms with van der Waals surface area (Å²) in [6, 6.07) is 8.03. The monoisotopic (exact) mass is 539 g/mol. The van der Waals surface area contributed by atoms with Crippen molar-refractivity contribution in [3.63, 3.8) is 0 Å². The fraction of sp³-hybridized carbons (Fsp3) is 0.292. The number of halogens is 4. The Bertz CT molecular complexity index is 1250. The second-order valence-electron chi connectivity index (χ2n) is 8.03. The summed E-state index contributed by atoms with van der Waals surface area (Å²) >= 11 is 5.95. The van der Waals surface area contributed by atoms with Gasteiger partial charge in [-0.1, -0.05) is 23.7 Å². The molecule has 1 unspecified atom stereocenters. The third kappa shape index (κ3) is 5.58. The molecule has 1 aliphatic rings. The molecule has 1 heterocycles. The first-order valence-electron chi connectivity index (χ1n) is 10.8. The zero-order valence-electron chi connectivity index (χ0n) is 19.8. The second kappa shape index (κ2) is 10.6. The lowest BCUT2D eigenvalue weighted by Gasteiger charge is -2.26. The van der Waals surface area contributed by atoms with Gasteiger partial charge in [0.1, 0.15) is 5.41 Å². The van der Waals surface area contributed by atoms with Crippen LogP contribution < -0.4 is 4.90 Å². The highest BCUT2D eigenvalue weighted by atomic mass is 35.5. The molecule has 0 radical (unpaired) electrons. The van der Waals surface area contributed by atoms with E-state index in [1.165, 1.54) is 6.92 Å². The van der Waals surface area contributed by atoms with Gasteiger partial charge in [0.25, 0.3) is 0 Å². The van der Waals surface area contributed by atoms with Gasteiger partial charge in [-0.25, -0.2) is 19.5 Å². The molecule has 3 amide bonds. The van der Waals surface area contributed by atoms with Gasteiger partial charge in [0.15, 0.2) is 0 Å². The van der Waals surface area contributed by atoms with E-state index >= 15 is 0 Å². The summed E-state index contributed by atoms with van der Waals surface area (Å²) in [4.78, 5) is 51.5. The molecule has 3 rings (SSSR count). The Labute approximate surface area is 214 Å². The van der Waals surface area contributed by atoms with Crippen LogP contribution in [-0.4, -0.2) is 54.9 Å². The molecule has 0 aliphatic carbocycles. The third-order valence-corrected chi connectivity index (χ3v) is 5.73. The Morgan fingerprint density at radius 2 is 1.68 bits per heavy atom. The van der Waals surface area contributed by atoms with Crippen LogP contribution in [0.4, 0.5) is 23.7 Å². The van der Waals surface area contributed by atoms with Crippen LogP contribution in [0.5, 0.6) is 0 Å². The number of imide groups is 1. The molecule has 0 fully saturated rings. The third-order valence-electron chi connectivity index (χ3n) is 5.48. The van der Waals surface area contributed by atoms with Crippen molar-refractivity contribution >= 4 is 46.9 Å². The number of carbonyl (C=O) groups is 4. The maximum Gasteiger partial charge on any atom is 0.416 e. The zero-order valence-corrected chi connectivity index (χ0v) is 20.6. The minimum absolute atomic E-state index is 0.0365. The Morgan fingerprint density at radius 3 is 2.19 bits per heavy atom. The molecule has 2 aromatic carbocycles. The van der Waals surface area contributed by atoms with E-state index in [0.29, 0.717) is 27.6 Å². The summed E-state index contributed by atoms with van der Waals surface area (Å²) < 4.78 is 48.7. The first-order valence-corrected chi connectivity index (χ1v) is 11.1. The molecule has 0 aromatic heterocycles. The number of hydrazone groups is 1. The van der Waals surface area contributed by atoms with E-state index < -0.39 is 47.6 Å². The highest BCUT2D eigenvalue weighted by Crippen LogP contribution is 2.35. The molecule has 9 nitrogen and oxygen atoms in total. The predicted molar refractivity (Wildman–Crippen MR) is 126 cm³/mol. The van der Waals surface area contributed by atoms with Crippen molar-refractivity contribution in [2.45, 2.75) is 20.0 Å². The Morgan fingerprint density at radius 1 is 1.08 bits per heavy atom. The quantitative estimate of drug-likeness (QED) is 0.424. The van der Waals surface area contributed by atoms with Crippen LogP contribution in [0.1, 0.15) is 25.0 Å². The fourth-order valence-electron chi connectivity index (χ4n) is 3.59. The minimum Gasteiger partial charge on any atom is -0.465 e. The number of nitrogens with zero attached hydrogens (tertiary/aromatic N) is 3. The van der Waals surface area contributed by atoms with Crippen LogP contribution >= 0.6 is 11.6 Å². The van der Waals surface area contributed by atoms with Crippen LogP contribution in [0.15, 0.2) is 53.6 Å². The van der Waals surface area contributed by atoms with E-state index in [9.17, 15) is 32.3 Å². The van der Waals surface area contributed by atoms with Gasteiger partial charge in [-0.05, 0) is 55.8 Å². The Balaban J connectivity index is 2.08. The highest BCUT2D eigenvalue weighted by molar-refractivity contribution is 6.43. The lowest BCUT2D eigenvalue weighted by molar-refractivity contribution is -0.151. The molecule has 1 atom stereocenters. The van der Waals surface area contributed by atoms with Gasteiger partial charge >= 0.3 is 30.1 Å². The first-order chi connectivity index (χ1) is 17.3. The van der Waals surface area contributed by atoms with Gasteiger partial charge in [-0.3, -0.25) is 9.59 Å². The van der Waals surface area contributed by atoms with Gasteiger partial charge in [0, 0.05) is 5.02 Å². The Kier molecular flexibility index (Phi) is 7.91. The molecule has 1 aliphatic heterocycles. The van der Waals surface area contributed by atoms with Crippen molar-refractivity contribution in [2.75, 3.05) is 25.2 Å². The second-order valence-corrected chi connectivity index (χ2v) is 8.46. The van der Waals surface area contributed by atoms with Crippen LogP contribution in [-0.2, 0) is 30.0 Å². The van der Waals surface area contributed by atoms with E-state index in [1.807, 2.05) is 0 Å². The van der Waals surface area contributed by atoms with E-state index in [4.69, 9.17) is 16.3 Å². The molecule has 37 heavy (non-hydrogen) atoms. The summed E-state index contributed by atoms with van der Waals surface area (Å²) in [7, 11) is 0.903. The number of urea groups is 1. The van der Waals surface area contributed by atoms with Gasteiger partial charge in [-0.2, -0.15) is 18.3 Å². The van der Waals surface area contributed by atoms with Gasteiger partial charge in [-0.15, -0.1) is 0 Å². The van der Waals surface area contributed by atoms with Crippen molar-refractivity contribution in [3.05, 3.63) is 64.7 Å². The van der Waals surface area contributed by atoms with E-state index in [2.05, 4.69) is 9.84 Å². The highest BCUT2D eigenvalue weighted by Gasteiger charge is 2.50. The fourth-order valence-corrected chi connectivity index (χ4v) is 3.72. The van der Waals surface area contributed by atoms with Crippen LogP contribution in [0.25, 0.3) is 0 Å². The van der Waals surface area contributed by atoms with Crippen molar-refractivity contribution in [1.82, 2.24) is 5.01 Å². The molecule has 196 valence electrons. The molecule has 0 bridgehead atoms. The van der Waals surface area contributed by atoms with Crippen LogP contribution in [0.2, 0.25) is 5.02 Å². The molecule has 0 saturated carbocycles. The van der Waals surface area contributed by atoms with E-state index in [-0.39, 0.29) is 18.0 Å². The number of esters is 2. The summed E-state index contributed by atoms with van der Waals surface area (Å²) in [6.07, 6.45) is -4.67. The standard InChI is InChI=1S/C24H21ClF3N3O6/c1-4-37-21(34)23(2)13-30(29-18(23)14-5-9-16(25)10-6-14)22(35)31(19(32)20(33)36-3)17-11-7-15(8-12-17)24(26,27)28/h5-12H,4,13H2,1-3H3. The summed E-state index contributed by atoms with van der Waals surface area (Å²) in [5.74, 6) is -3.62. The number of hydrogen-bond acceptors (Lipinski definition) is 7. The van der Waals surface area contributed by atoms with Gasteiger partial charge in [0.2, 0.25) is 0 Å². The number of alkyl halides is 3. The summed E-state index contributed by atoms with van der Waals surface area (Å²) in [5, 5.41) is 5.42. The topological polar surface area (TPSA) is 106 Å². The normalized spacial score (nSPS) is 17.2. The maximum atomic E-state index is 13.5. The smallest absolute Gasteiger partial charge is 0.416 e. The minimum atomic E-state index is -4.67. The van der Waals surface area contributed by atoms with Gasteiger partial charge < -0.3 is 9.47 Å². The van der Waals surface area contributed by atoms with Crippen LogP contribution in [0, 0.1) is 5.41 Å².